The van der Waals surface area contributed by atoms with Crippen LogP contribution < -0.4 is 29.1 Å². The minimum atomic E-state index is -4.22. The summed E-state index contributed by atoms with van der Waals surface area (Å²) in [5, 5.41) is 3.25. The highest BCUT2D eigenvalue weighted by atomic mass is 35.5. The number of para-hydroxylation sites is 1. The summed E-state index contributed by atoms with van der Waals surface area (Å²) in [6.07, 6.45) is -3.91. The van der Waals surface area contributed by atoms with E-state index < -0.39 is 27.0 Å². The molecule has 2 aliphatic heterocycles. The number of methoxy groups -OCH3 is 1. The molecule has 1 saturated heterocycles. The summed E-state index contributed by atoms with van der Waals surface area (Å²) in [5.74, 6) is -0.262. The van der Waals surface area contributed by atoms with Gasteiger partial charge in [0, 0.05) is 26.2 Å². The lowest BCUT2D eigenvalue weighted by molar-refractivity contribution is -0.287. The summed E-state index contributed by atoms with van der Waals surface area (Å²) in [4.78, 5) is 1.64. The van der Waals surface area contributed by atoms with E-state index in [2.05, 4.69) is 24.4 Å². The van der Waals surface area contributed by atoms with Crippen molar-refractivity contribution in [1.82, 2.24) is 5.32 Å². The van der Waals surface area contributed by atoms with Crippen molar-refractivity contribution in [3.63, 3.8) is 0 Å². The van der Waals surface area contributed by atoms with Gasteiger partial charge in [0.2, 0.25) is 0 Å². The molecular weight excluding hydrogens is 444 g/mol. The second-order valence-corrected chi connectivity index (χ2v) is 8.13. The van der Waals surface area contributed by atoms with Gasteiger partial charge in [0.15, 0.2) is 11.5 Å². The number of benzene rings is 2. The fourth-order valence-corrected chi connectivity index (χ4v) is 4.46. The van der Waals surface area contributed by atoms with Gasteiger partial charge in [-0.05, 0) is 30.3 Å². The van der Waals surface area contributed by atoms with Gasteiger partial charge in [0.25, 0.3) is 10.0 Å². The van der Waals surface area contributed by atoms with Gasteiger partial charge in [0.1, 0.15) is 10.6 Å². The molecule has 2 aliphatic rings. The molecule has 4 rings (SSSR count). The van der Waals surface area contributed by atoms with Gasteiger partial charge in [-0.15, -0.1) is 21.2 Å². The minimum absolute atomic E-state index is 0. The number of hydrogen-bond acceptors (Lipinski definition) is 7. The molecule has 2 aromatic carbocycles. The average molecular weight is 464 g/mol. The Hall–Kier alpha value is -2.50. The molecule has 30 heavy (non-hydrogen) atoms. The quantitative estimate of drug-likeness (QED) is 0.704. The molecule has 0 spiro atoms. The van der Waals surface area contributed by atoms with Crippen molar-refractivity contribution in [3.05, 3.63) is 36.4 Å². The number of nitrogens with zero attached hydrogens (tertiary/aromatic N) is 1. The van der Waals surface area contributed by atoms with Crippen molar-refractivity contribution in [2.45, 2.75) is 11.2 Å². The first-order valence-electron chi connectivity index (χ1n) is 8.84. The third-order valence-corrected chi connectivity index (χ3v) is 5.98. The van der Waals surface area contributed by atoms with Gasteiger partial charge in [-0.3, -0.25) is 4.72 Å². The fourth-order valence-electron chi connectivity index (χ4n) is 3.27. The predicted octanol–water partition coefficient (Wildman–Crippen LogP) is 2.65. The van der Waals surface area contributed by atoms with Crippen LogP contribution in [-0.4, -0.2) is 48.0 Å². The molecule has 2 heterocycles. The van der Waals surface area contributed by atoms with Crippen molar-refractivity contribution in [2.75, 3.05) is 42.9 Å². The number of piperazine rings is 1. The van der Waals surface area contributed by atoms with Crippen LogP contribution in [0.2, 0.25) is 0 Å². The SMILES string of the molecule is COc1ccc(NS(=O)(=O)c2cccc3c2OC(F)(F)O3)cc1N1CCNCC1.Cl. The standard InChI is InChI=1S/C18H19F2N3O5S.ClH/c1-26-14-6-5-12(11-13(14)23-9-7-21-8-10-23)22-29(24,25)16-4-2-3-15-17(16)28-18(19,20)27-15;/h2-6,11,21-22H,7-10H2,1H3;1H. The van der Waals surface area contributed by atoms with Crippen molar-refractivity contribution in [1.29, 1.82) is 0 Å². The van der Waals surface area contributed by atoms with E-state index >= 15 is 0 Å². The molecule has 0 amide bonds. The molecule has 0 aromatic heterocycles. The second kappa shape index (κ2) is 8.32. The summed E-state index contributed by atoms with van der Waals surface area (Å²) in [6, 6.07) is 8.53. The molecule has 164 valence electrons. The Morgan fingerprint density at radius 3 is 2.60 bits per heavy atom. The molecule has 2 aromatic rings. The molecular formula is C18H20ClF2N3O5S. The first kappa shape index (κ1) is 22.2. The third-order valence-electron chi connectivity index (χ3n) is 4.57. The summed E-state index contributed by atoms with van der Waals surface area (Å²) < 4.78 is 69.1. The Morgan fingerprint density at radius 1 is 1.17 bits per heavy atom. The van der Waals surface area contributed by atoms with Crippen LogP contribution in [0.1, 0.15) is 0 Å². The Labute approximate surface area is 178 Å². The van der Waals surface area contributed by atoms with E-state index in [4.69, 9.17) is 4.74 Å². The Kier molecular flexibility index (Phi) is 6.16. The zero-order valence-corrected chi connectivity index (χ0v) is 17.5. The number of halogens is 3. The summed E-state index contributed by atoms with van der Waals surface area (Å²) in [5.41, 5.74) is 1.00. The molecule has 12 heteroatoms. The van der Waals surface area contributed by atoms with E-state index in [1.165, 1.54) is 31.4 Å². The number of nitrogens with one attached hydrogen (secondary N) is 2. The van der Waals surface area contributed by atoms with Crippen molar-refractivity contribution in [2.24, 2.45) is 0 Å². The van der Waals surface area contributed by atoms with Crippen molar-refractivity contribution < 1.29 is 31.4 Å². The Morgan fingerprint density at radius 2 is 1.90 bits per heavy atom. The highest BCUT2D eigenvalue weighted by Gasteiger charge is 2.46. The van der Waals surface area contributed by atoms with Crippen LogP contribution in [0.5, 0.6) is 17.2 Å². The van der Waals surface area contributed by atoms with E-state index in [0.717, 1.165) is 31.9 Å². The lowest BCUT2D eigenvalue weighted by Gasteiger charge is -2.31. The van der Waals surface area contributed by atoms with Gasteiger partial charge >= 0.3 is 6.29 Å². The molecule has 0 radical (unpaired) electrons. The Bertz CT molecular complexity index is 1030. The summed E-state index contributed by atoms with van der Waals surface area (Å²) in [6.45, 7) is 3.06. The molecule has 8 nitrogen and oxygen atoms in total. The fraction of sp³-hybridized carbons (Fsp3) is 0.333. The average Bonchev–Trinajstić information content (AvgIpc) is 3.01. The van der Waals surface area contributed by atoms with Crippen LogP contribution in [-0.2, 0) is 10.0 Å². The number of rotatable bonds is 5. The molecule has 0 saturated carbocycles. The molecule has 0 bridgehead atoms. The van der Waals surface area contributed by atoms with E-state index in [1.807, 2.05) is 0 Å². The van der Waals surface area contributed by atoms with E-state index in [-0.39, 0.29) is 23.8 Å². The number of ether oxygens (including phenoxy) is 3. The maximum absolute atomic E-state index is 13.4. The minimum Gasteiger partial charge on any atom is -0.495 e. The highest BCUT2D eigenvalue weighted by Crippen LogP contribution is 2.45. The van der Waals surface area contributed by atoms with Crippen LogP contribution in [0.15, 0.2) is 41.3 Å². The molecule has 0 unspecified atom stereocenters. The first-order chi connectivity index (χ1) is 13.8. The van der Waals surface area contributed by atoms with Crippen molar-refractivity contribution in [3.8, 4) is 17.2 Å². The Balaban J connectivity index is 0.00000256. The number of sulfonamides is 1. The molecule has 1 fully saturated rings. The van der Waals surface area contributed by atoms with Crippen LogP contribution in [0.4, 0.5) is 20.2 Å². The van der Waals surface area contributed by atoms with Crippen LogP contribution in [0.25, 0.3) is 0 Å². The summed E-state index contributed by atoms with van der Waals surface area (Å²) in [7, 11) is -2.68. The van der Waals surface area contributed by atoms with Crippen LogP contribution in [0, 0.1) is 0 Å². The smallest absolute Gasteiger partial charge is 0.495 e. The zero-order valence-electron chi connectivity index (χ0n) is 15.9. The lowest BCUT2D eigenvalue weighted by Crippen LogP contribution is -2.43. The number of alkyl halides is 2. The first-order valence-corrected chi connectivity index (χ1v) is 10.3. The number of anilines is 2. The van der Waals surface area contributed by atoms with Gasteiger partial charge in [0.05, 0.1) is 18.5 Å². The van der Waals surface area contributed by atoms with Gasteiger partial charge in [-0.2, -0.15) is 0 Å². The second-order valence-electron chi connectivity index (χ2n) is 6.48. The number of hydrogen-bond donors (Lipinski definition) is 2. The lowest BCUT2D eigenvalue weighted by atomic mass is 10.2. The predicted molar refractivity (Wildman–Crippen MR) is 109 cm³/mol. The summed E-state index contributed by atoms with van der Waals surface area (Å²) >= 11 is 0. The van der Waals surface area contributed by atoms with E-state index in [0.29, 0.717) is 5.75 Å². The van der Waals surface area contributed by atoms with Gasteiger partial charge in [-0.1, -0.05) is 6.07 Å². The molecule has 0 atom stereocenters. The third kappa shape index (κ3) is 4.32. The van der Waals surface area contributed by atoms with E-state index in [9.17, 15) is 17.2 Å². The maximum Gasteiger partial charge on any atom is 0.586 e. The molecule has 2 N–H and O–H groups in total. The zero-order chi connectivity index (χ0) is 20.6. The normalized spacial score (nSPS) is 17.2. The maximum atomic E-state index is 13.4. The van der Waals surface area contributed by atoms with Gasteiger partial charge in [-0.25, -0.2) is 8.42 Å². The highest BCUT2D eigenvalue weighted by molar-refractivity contribution is 7.92. The van der Waals surface area contributed by atoms with Crippen LogP contribution in [0.3, 0.4) is 0 Å². The van der Waals surface area contributed by atoms with Crippen molar-refractivity contribution >= 4 is 33.8 Å². The van der Waals surface area contributed by atoms with E-state index in [1.54, 1.807) is 12.1 Å². The topological polar surface area (TPSA) is 89.1 Å². The largest absolute Gasteiger partial charge is 0.586 e. The van der Waals surface area contributed by atoms with Crippen LogP contribution >= 0.6 is 12.4 Å². The molecule has 0 aliphatic carbocycles. The monoisotopic (exact) mass is 463 g/mol. The number of fused-ring (bicyclic) bond motifs is 1. The van der Waals surface area contributed by atoms with Gasteiger partial charge < -0.3 is 24.4 Å².